The molecule has 0 bridgehead atoms. The molecule has 1 fully saturated rings. The van der Waals surface area contributed by atoms with E-state index in [9.17, 15) is 22.4 Å². The van der Waals surface area contributed by atoms with E-state index in [0.717, 1.165) is 29.0 Å². The van der Waals surface area contributed by atoms with Crippen LogP contribution >= 0.6 is 0 Å². The van der Waals surface area contributed by atoms with E-state index in [1.165, 1.54) is 4.31 Å². The average Bonchev–Trinajstić information content (AvgIpc) is 2.83. The van der Waals surface area contributed by atoms with E-state index >= 15 is 0 Å². The van der Waals surface area contributed by atoms with Crippen LogP contribution in [0.15, 0.2) is 65.6 Å². The summed E-state index contributed by atoms with van der Waals surface area (Å²) >= 11 is 0. The number of morpholine rings is 1. The van der Waals surface area contributed by atoms with Gasteiger partial charge in [-0.05, 0) is 29.7 Å². The molecule has 4 rings (SSSR count). The number of hydrogen-bond donors (Lipinski definition) is 1. The Morgan fingerprint density at radius 2 is 1.76 bits per heavy atom. The van der Waals surface area contributed by atoms with Crippen molar-refractivity contribution in [2.75, 3.05) is 38.2 Å². The summed E-state index contributed by atoms with van der Waals surface area (Å²) in [5.41, 5.74) is -0.0266. The number of carbonyl (C=O) groups is 2. The molecule has 172 valence electrons. The Morgan fingerprint density at radius 1 is 1.03 bits per heavy atom. The van der Waals surface area contributed by atoms with Crippen molar-refractivity contribution in [1.82, 2.24) is 4.31 Å². The van der Waals surface area contributed by atoms with Gasteiger partial charge in [0.2, 0.25) is 10.0 Å². The Balaban J connectivity index is 1.45. The summed E-state index contributed by atoms with van der Waals surface area (Å²) in [4.78, 5) is 24.5. The van der Waals surface area contributed by atoms with Crippen molar-refractivity contribution in [3.63, 3.8) is 0 Å². The number of fused-ring (bicyclic) bond motifs is 1. The van der Waals surface area contributed by atoms with Gasteiger partial charge < -0.3 is 14.8 Å². The zero-order chi connectivity index (χ0) is 23.4. The van der Waals surface area contributed by atoms with Gasteiger partial charge in [0, 0.05) is 24.2 Å². The molecule has 0 unspecified atom stereocenters. The molecule has 1 amide bonds. The highest BCUT2D eigenvalue weighted by Crippen LogP contribution is 2.23. The lowest BCUT2D eigenvalue weighted by Gasteiger charge is -2.26. The number of anilines is 1. The van der Waals surface area contributed by atoms with Crippen molar-refractivity contribution in [3.8, 4) is 0 Å². The van der Waals surface area contributed by atoms with E-state index in [-0.39, 0.29) is 31.2 Å². The summed E-state index contributed by atoms with van der Waals surface area (Å²) in [5.74, 6) is -2.70. The fraction of sp³-hybridized carbons (Fsp3) is 0.217. The van der Waals surface area contributed by atoms with Gasteiger partial charge >= 0.3 is 5.97 Å². The van der Waals surface area contributed by atoms with E-state index in [2.05, 4.69) is 5.32 Å². The van der Waals surface area contributed by atoms with E-state index in [4.69, 9.17) is 9.47 Å². The highest BCUT2D eigenvalue weighted by atomic mass is 32.2. The van der Waals surface area contributed by atoms with Gasteiger partial charge in [0.25, 0.3) is 5.91 Å². The first kappa shape index (κ1) is 22.8. The number of halogens is 1. The van der Waals surface area contributed by atoms with Crippen molar-refractivity contribution in [2.24, 2.45) is 0 Å². The molecule has 3 aromatic rings. The van der Waals surface area contributed by atoms with Crippen molar-refractivity contribution >= 4 is 38.4 Å². The molecule has 0 atom stereocenters. The summed E-state index contributed by atoms with van der Waals surface area (Å²) < 4.78 is 51.1. The fourth-order valence-corrected chi connectivity index (χ4v) is 4.92. The van der Waals surface area contributed by atoms with Gasteiger partial charge in [0.1, 0.15) is 5.82 Å². The Hall–Kier alpha value is -3.34. The van der Waals surface area contributed by atoms with E-state index in [1.807, 2.05) is 30.3 Å². The standard InChI is InChI=1S/C23H21FN2O6S/c24-20-9-8-17(33(29,30)26-10-12-31-13-11-26)14-19(20)23(28)32-15-22(27)25-21-7-3-5-16-4-1-2-6-18(16)21/h1-9,14H,10-13,15H2,(H,25,27). The van der Waals surface area contributed by atoms with E-state index in [1.54, 1.807) is 12.1 Å². The number of rotatable bonds is 6. The Kier molecular flexibility index (Phi) is 6.68. The number of carbonyl (C=O) groups excluding carboxylic acids is 2. The van der Waals surface area contributed by atoms with Crippen LogP contribution in [-0.2, 0) is 24.3 Å². The number of ether oxygens (including phenoxy) is 2. The minimum atomic E-state index is -3.93. The van der Waals surface area contributed by atoms with Crippen molar-refractivity contribution in [2.45, 2.75) is 4.90 Å². The Labute approximate surface area is 190 Å². The number of amides is 1. The zero-order valence-corrected chi connectivity index (χ0v) is 18.3. The maximum absolute atomic E-state index is 14.3. The first-order valence-electron chi connectivity index (χ1n) is 10.2. The molecule has 8 nitrogen and oxygen atoms in total. The summed E-state index contributed by atoms with van der Waals surface area (Å²) in [5, 5.41) is 4.40. The third-order valence-corrected chi connectivity index (χ3v) is 7.06. The summed E-state index contributed by atoms with van der Waals surface area (Å²) in [6.45, 7) is 0.159. The molecular weight excluding hydrogens is 451 g/mol. The third-order valence-electron chi connectivity index (χ3n) is 5.16. The number of sulfonamides is 1. The Bertz CT molecular complexity index is 1300. The molecule has 0 saturated carbocycles. The van der Waals surface area contributed by atoms with Crippen LogP contribution in [0.4, 0.5) is 10.1 Å². The summed E-state index contributed by atoms with van der Waals surface area (Å²) in [6, 6.07) is 15.7. The minimum Gasteiger partial charge on any atom is -0.452 e. The lowest BCUT2D eigenvalue weighted by molar-refractivity contribution is -0.119. The fourth-order valence-electron chi connectivity index (χ4n) is 3.49. The largest absolute Gasteiger partial charge is 0.452 e. The molecule has 33 heavy (non-hydrogen) atoms. The molecule has 0 radical (unpaired) electrons. The van der Waals surface area contributed by atoms with Crippen molar-refractivity contribution < 1.29 is 31.9 Å². The van der Waals surface area contributed by atoms with Crippen LogP contribution in [0.1, 0.15) is 10.4 Å². The maximum atomic E-state index is 14.3. The molecule has 1 aliphatic heterocycles. The lowest BCUT2D eigenvalue weighted by atomic mass is 10.1. The van der Waals surface area contributed by atoms with Crippen LogP contribution in [0.5, 0.6) is 0 Å². The van der Waals surface area contributed by atoms with Gasteiger partial charge in [-0.15, -0.1) is 0 Å². The van der Waals surface area contributed by atoms with Crippen molar-refractivity contribution in [1.29, 1.82) is 0 Å². The molecule has 1 aliphatic rings. The monoisotopic (exact) mass is 472 g/mol. The summed E-state index contributed by atoms with van der Waals surface area (Å²) in [7, 11) is -3.93. The molecule has 1 N–H and O–H groups in total. The van der Waals surface area contributed by atoms with Crippen LogP contribution in [-0.4, -0.2) is 57.5 Å². The smallest absolute Gasteiger partial charge is 0.341 e. The van der Waals surface area contributed by atoms with Gasteiger partial charge in [-0.3, -0.25) is 4.79 Å². The molecular formula is C23H21FN2O6S. The topological polar surface area (TPSA) is 102 Å². The quantitative estimate of drug-likeness (QED) is 0.554. The molecule has 3 aromatic carbocycles. The highest BCUT2D eigenvalue weighted by molar-refractivity contribution is 7.89. The normalized spacial score (nSPS) is 14.7. The van der Waals surface area contributed by atoms with Gasteiger partial charge in [-0.2, -0.15) is 4.31 Å². The van der Waals surface area contributed by atoms with Gasteiger partial charge in [0.05, 0.1) is 23.7 Å². The first-order chi connectivity index (χ1) is 15.9. The Morgan fingerprint density at radius 3 is 2.55 bits per heavy atom. The maximum Gasteiger partial charge on any atom is 0.341 e. The number of hydrogen-bond acceptors (Lipinski definition) is 6. The summed E-state index contributed by atoms with van der Waals surface area (Å²) in [6.07, 6.45) is 0. The number of nitrogens with zero attached hydrogens (tertiary/aromatic N) is 1. The highest BCUT2D eigenvalue weighted by Gasteiger charge is 2.28. The SMILES string of the molecule is O=C(COC(=O)c1cc(S(=O)(=O)N2CCOCC2)ccc1F)Nc1cccc2ccccc12. The number of benzene rings is 3. The number of esters is 1. The molecule has 1 heterocycles. The predicted octanol–water partition coefficient (Wildman–Crippen LogP) is 2.80. The number of nitrogens with one attached hydrogen (secondary N) is 1. The first-order valence-corrected chi connectivity index (χ1v) is 11.6. The van der Waals surface area contributed by atoms with Crippen LogP contribution in [0.3, 0.4) is 0 Å². The molecule has 0 aliphatic carbocycles. The van der Waals surface area contributed by atoms with Crippen LogP contribution < -0.4 is 5.32 Å². The van der Waals surface area contributed by atoms with E-state index < -0.39 is 39.9 Å². The molecule has 0 spiro atoms. The average molecular weight is 472 g/mol. The second-order valence-electron chi connectivity index (χ2n) is 7.31. The van der Waals surface area contributed by atoms with Crippen LogP contribution in [0.2, 0.25) is 0 Å². The second kappa shape index (κ2) is 9.65. The minimum absolute atomic E-state index is 0.161. The van der Waals surface area contributed by atoms with Crippen LogP contribution in [0.25, 0.3) is 10.8 Å². The van der Waals surface area contributed by atoms with Gasteiger partial charge in [-0.1, -0.05) is 36.4 Å². The molecule has 10 heteroatoms. The predicted molar refractivity (Wildman–Crippen MR) is 119 cm³/mol. The lowest BCUT2D eigenvalue weighted by Crippen LogP contribution is -2.40. The van der Waals surface area contributed by atoms with Gasteiger partial charge in [-0.25, -0.2) is 17.6 Å². The molecule has 0 aromatic heterocycles. The third kappa shape index (κ3) is 5.03. The zero-order valence-electron chi connectivity index (χ0n) is 17.5. The van der Waals surface area contributed by atoms with Crippen molar-refractivity contribution in [3.05, 3.63) is 72.0 Å². The van der Waals surface area contributed by atoms with Crippen LogP contribution in [0, 0.1) is 5.82 Å². The molecule has 1 saturated heterocycles. The van der Waals surface area contributed by atoms with E-state index in [0.29, 0.717) is 5.69 Å². The second-order valence-corrected chi connectivity index (χ2v) is 9.25. The van der Waals surface area contributed by atoms with Gasteiger partial charge in [0.15, 0.2) is 6.61 Å².